The second kappa shape index (κ2) is 8.37. The Bertz CT molecular complexity index is 723. The Kier molecular flexibility index (Phi) is 6.70. The van der Waals surface area contributed by atoms with Crippen molar-refractivity contribution in [2.24, 2.45) is 5.92 Å². The van der Waals surface area contributed by atoms with Gasteiger partial charge in [0.15, 0.2) is 0 Å². The Balaban J connectivity index is 2.57. The highest BCUT2D eigenvalue weighted by Crippen LogP contribution is 2.40. The van der Waals surface area contributed by atoms with Gasteiger partial charge in [0.1, 0.15) is 5.60 Å². The minimum absolute atomic E-state index is 0.0583. The molecule has 2 atom stereocenters. The average molecular weight is 378 g/mol. The Morgan fingerprint density at radius 3 is 2.20 bits per heavy atom. The standard InChI is InChI=1S/C21H25Cl2NO/c1-15(10-17-8-6-5-7-9-17)21(25,16(2)14-24(3)4)18-11-19(22)13-20(23)12-18/h5-13,16,25H,14H2,1-4H3/b15-10+. The lowest BCUT2D eigenvalue weighted by Gasteiger charge is -2.37. The van der Waals surface area contributed by atoms with Crippen LogP contribution in [0, 0.1) is 5.92 Å². The first kappa shape index (κ1) is 20.0. The van der Waals surface area contributed by atoms with Crippen LogP contribution in [0.2, 0.25) is 10.0 Å². The van der Waals surface area contributed by atoms with E-state index in [1.165, 1.54) is 0 Å². The molecule has 1 N–H and O–H groups in total. The number of hydrogen-bond acceptors (Lipinski definition) is 2. The van der Waals surface area contributed by atoms with E-state index in [0.29, 0.717) is 15.6 Å². The molecule has 0 saturated heterocycles. The quantitative estimate of drug-likeness (QED) is 0.719. The first-order chi connectivity index (χ1) is 11.7. The van der Waals surface area contributed by atoms with Gasteiger partial charge < -0.3 is 10.0 Å². The molecular formula is C21H25Cl2NO. The average Bonchev–Trinajstić information content (AvgIpc) is 2.53. The summed E-state index contributed by atoms with van der Waals surface area (Å²) in [5.74, 6) is -0.0583. The van der Waals surface area contributed by atoms with Gasteiger partial charge in [0.05, 0.1) is 0 Å². The maximum Gasteiger partial charge on any atom is 0.115 e. The fourth-order valence-electron chi connectivity index (χ4n) is 3.26. The summed E-state index contributed by atoms with van der Waals surface area (Å²) < 4.78 is 0. The van der Waals surface area contributed by atoms with Crippen molar-refractivity contribution < 1.29 is 5.11 Å². The summed E-state index contributed by atoms with van der Waals surface area (Å²) in [6.07, 6.45) is 2.01. The van der Waals surface area contributed by atoms with E-state index in [1.54, 1.807) is 18.2 Å². The van der Waals surface area contributed by atoms with Crippen LogP contribution in [-0.2, 0) is 5.60 Å². The molecule has 0 spiro atoms. The second-order valence-electron chi connectivity index (χ2n) is 6.83. The van der Waals surface area contributed by atoms with Crippen molar-refractivity contribution in [3.8, 4) is 0 Å². The van der Waals surface area contributed by atoms with Crippen molar-refractivity contribution in [3.63, 3.8) is 0 Å². The lowest BCUT2D eigenvalue weighted by Crippen LogP contribution is -2.40. The van der Waals surface area contributed by atoms with Crippen molar-refractivity contribution in [1.29, 1.82) is 0 Å². The van der Waals surface area contributed by atoms with Gasteiger partial charge >= 0.3 is 0 Å². The molecule has 2 aromatic rings. The van der Waals surface area contributed by atoms with E-state index in [9.17, 15) is 5.11 Å². The highest BCUT2D eigenvalue weighted by molar-refractivity contribution is 6.34. The summed E-state index contributed by atoms with van der Waals surface area (Å²) in [5.41, 5.74) is 1.44. The molecule has 0 bridgehead atoms. The molecule has 25 heavy (non-hydrogen) atoms. The molecule has 0 aliphatic carbocycles. The van der Waals surface area contributed by atoms with E-state index in [1.807, 2.05) is 64.4 Å². The van der Waals surface area contributed by atoms with Crippen LogP contribution in [0.4, 0.5) is 0 Å². The van der Waals surface area contributed by atoms with Gasteiger partial charge in [-0.25, -0.2) is 0 Å². The Morgan fingerprint density at radius 2 is 1.68 bits per heavy atom. The fourth-order valence-corrected chi connectivity index (χ4v) is 3.79. The molecule has 4 heteroatoms. The van der Waals surface area contributed by atoms with Crippen LogP contribution in [0.15, 0.2) is 54.1 Å². The fraction of sp³-hybridized carbons (Fsp3) is 0.333. The molecule has 2 unspecified atom stereocenters. The smallest absolute Gasteiger partial charge is 0.115 e. The van der Waals surface area contributed by atoms with Crippen LogP contribution in [0.5, 0.6) is 0 Å². The van der Waals surface area contributed by atoms with E-state index in [2.05, 4.69) is 4.90 Å². The zero-order chi connectivity index (χ0) is 18.6. The predicted molar refractivity (Wildman–Crippen MR) is 108 cm³/mol. The molecule has 0 aliphatic rings. The molecule has 0 aromatic heterocycles. The van der Waals surface area contributed by atoms with Crippen LogP contribution < -0.4 is 0 Å². The van der Waals surface area contributed by atoms with Crippen LogP contribution in [0.1, 0.15) is 25.0 Å². The minimum Gasteiger partial charge on any atom is -0.380 e. The van der Waals surface area contributed by atoms with Gasteiger partial charge in [0.2, 0.25) is 0 Å². The molecule has 0 heterocycles. The molecular weight excluding hydrogens is 353 g/mol. The van der Waals surface area contributed by atoms with Gasteiger partial charge in [0.25, 0.3) is 0 Å². The highest BCUT2D eigenvalue weighted by atomic mass is 35.5. The van der Waals surface area contributed by atoms with Gasteiger partial charge in [-0.3, -0.25) is 0 Å². The Labute approximate surface area is 160 Å². The zero-order valence-electron chi connectivity index (χ0n) is 15.1. The molecule has 2 aromatic carbocycles. The topological polar surface area (TPSA) is 23.5 Å². The van der Waals surface area contributed by atoms with Crippen LogP contribution >= 0.6 is 23.2 Å². The number of aliphatic hydroxyl groups is 1. The normalized spacial score (nSPS) is 15.9. The molecule has 2 rings (SSSR count). The largest absolute Gasteiger partial charge is 0.380 e. The van der Waals surface area contributed by atoms with Crippen LogP contribution in [-0.4, -0.2) is 30.6 Å². The molecule has 134 valence electrons. The van der Waals surface area contributed by atoms with Gasteiger partial charge in [0, 0.05) is 22.5 Å². The maximum atomic E-state index is 11.8. The third-order valence-corrected chi connectivity index (χ3v) is 4.88. The molecule has 2 nitrogen and oxygen atoms in total. The van der Waals surface area contributed by atoms with Crippen LogP contribution in [0.25, 0.3) is 6.08 Å². The van der Waals surface area contributed by atoms with Gasteiger partial charge in [-0.2, -0.15) is 0 Å². The first-order valence-corrected chi connectivity index (χ1v) is 9.06. The number of nitrogens with zero attached hydrogens (tertiary/aromatic N) is 1. The van der Waals surface area contributed by atoms with Gasteiger partial charge in [-0.1, -0.05) is 66.5 Å². The monoisotopic (exact) mass is 377 g/mol. The molecule has 0 amide bonds. The predicted octanol–water partition coefficient (Wildman–Crippen LogP) is 5.48. The number of benzene rings is 2. The lowest BCUT2D eigenvalue weighted by molar-refractivity contribution is 0.0105. The summed E-state index contributed by atoms with van der Waals surface area (Å²) in [7, 11) is 4.00. The molecule has 0 radical (unpaired) electrons. The van der Waals surface area contributed by atoms with E-state index in [4.69, 9.17) is 23.2 Å². The van der Waals surface area contributed by atoms with Crippen molar-refractivity contribution in [2.45, 2.75) is 19.4 Å². The summed E-state index contributed by atoms with van der Waals surface area (Å²) in [4.78, 5) is 2.07. The number of hydrogen-bond donors (Lipinski definition) is 1. The van der Waals surface area contributed by atoms with E-state index in [-0.39, 0.29) is 5.92 Å². The first-order valence-electron chi connectivity index (χ1n) is 8.31. The minimum atomic E-state index is -1.17. The molecule has 0 fully saturated rings. The maximum absolute atomic E-state index is 11.8. The van der Waals surface area contributed by atoms with Crippen molar-refractivity contribution in [1.82, 2.24) is 4.90 Å². The summed E-state index contributed by atoms with van der Waals surface area (Å²) >= 11 is 12.4. The molecule has 0 aliphatic heterocycles. The van der Waals surface area contributed by atoms with E-state index < -0.39 is 5.60 Å². The zero-order valence-corrected chi connectivity index (χ0v) is 16.6. The highest BCUT2D eigenvalue weighted by Gasteiger charge is 2.38. The lowest BCUT2D eigenvalue weighted by atomic mass is 9.76. The summed E-state index contributed by atoms with van der Waals surface area (Å²) in [6, 6.07) is 15.3. The van der Waals surface area contributed by atoms with E-state index in [0.717, 1.165) is 17.7 Å². The van der Waals surface area contributed by atoms with Gasteiger partial charge in [-0.05, 0) is 55.9 Å². The Morgan fingerprint density at radius 1 is 1.12 bits per heavy atom. The van der Waals surface area contributed by atoms with Crippen molar-refractivity contribution >= 4 is 29.3 Å². The SMILES string of the molecule is C/C(=C\c1ccccc1)C(O)(c1cc(Cl)cc(Cl)c1)C(C)CN(C)C. The van der Waals surface area contributed by atoms with Crippen molar-refractivity contribution in [2.75, 3.05) is 20.6 Å². The number of halogens is 2. The molecule has 0 saturated carbocycles. The summed E-state index contributed by atoms with van der Waals surface area (Å²) in [5, 5.41) is 12.8. The van der Waals surface area contributed by atoms with E-state index >= 15 is 0 Å². The Hall–Kier alpha value is -1.32. The van der Waals surface area contributed by atoms with Gasteiger partial charge in [-0.15, -0.1) is 0 Å². The summed E-state index contributed by atoms with van der Waals surface area (Å²) in [6.45, 7) is 4.71. The van der Waals surface area contributed by atoms with Crippen molar-refractivity contribution in [3.05, 3.63) is 75.3 Å². The third-order valence-electron chi connectivity index (χ3n) is 4.44. The number of rotatable bonds is 6. The van der Waals surface area contributed by atoms with Crippen LogP contribution in [0.3, 0.4) is 0 Å². The third kappa shape index (κ3) is 4.86. The second-order valence-corrected chi connectivity index (χ2v) is 7.70.